The first-order chi connectivity index (χ1) is 13.0. The SMILES string of the molecule is COc1cc(/C=c2\[nH]c(=O)/c(=C/c3cccs3)[nH]c2=O)cc(OC)c1OC. The van der Waals surface area contributed by atoms with Gasteiger partial charge in [0.2, 0.25) is 5.75 Å². The van der Waals surface area contributed by atoms with Gasteiger partial charge in [0.25, 0.3) is 11.1 Å². The van der Waals surface area contributed by atoms with Gasteiger partial charge >= 0.3 is 0 Å². The van der Waals surface area contributed by atoms with Gasteiger partial charge in [-0.1, -0.05) is 6.07 Å². The van der Waals surface area contributed by atoms with E-state index in [2.05, 4.69) is 9.97 Å². The molecule has 0 atom stereocenters. The summed E-state index contributed by atoms with van der Waals surface area (Å²) in [6.45, 7) is 0. The van der Waals surface area contributed by atoms with Gasteiger partial charge in [-0.25, -0.2) is 0 Å². The molecule has 0 amide bonds. The minimum Gasteiger partial charge on any atom is -0.493 e. The number of methoxy groups -OCH3 is 3. The zero-order chi connectivity index (χ0) is 19.4. The summed E-state index contributed by atoms with van der Waals surface area (Å²) >= 11 is 1.47. The Balaban J connectivity index is 2.15. The third-order valence-corrected chi connectivity index (χ3v) is 4.63. The minimum atomic E-state index is -0.411. The number of nitrogens with one attached hydrogen (secondary N) is 2. The van der Waals surface area contributed by atoms with Crippen LogP contribution in [0.3, 0.4) is 0 Å². The van der Waals surface area contributed by atoms with Gasteiger partial charge in [-0.15, -0.1) is 11.3 Å². The molecule has 2 N–H and O–H groups in total. The number of ether oxygens (including phenoxy) is 3. The van der Waals surface area contributed by atoms with Crippen molar-refractivity contribution >= 4 is 23.5 Å². The van der Waals surface area contributed by atoms with Gasteiger partial charge in [-0.05, 0) is 41.3 Å². The van der Waals surface area contributed by atoms with Crippen molar-refractivity contribution in [2.24, 2.45) is 0 Å². The molecule has 2 aromatic heterocycles. The zero-order valence-electron chi connectivity index (χ0n) is 15.0. The fraction of sp³-hybridized carbons (Fsp3) is 0.158. The molecule has 7 nitrogen and oxygen atoms in total. The molecule has 0 aliphatic carbocycles. The first-order valence-electron chi connectivity index (χ1n) is 7.95. The summed E-state index contributed by atoms with van der Waals surface area (Å²) in [5, 5.41) is 2.21. The molecule has 0 aliphatic heterocycles. The Morgan fingerprint density at radius 3 is 1.96 bits per heavy atom. The number of thiophene rings is 1. The van der Waals surface area contributed by atoms with E-state index in [9.17, 15) is 9.59 Å². The van der Waals surface area contributed by atoms with E-state index < -0.39 is 5.56 Å². The van der Waals surface area contributed by atoms with Crippen LogP contribution in [0.5, 0.6) is 17.2 Å². The number of rotatable bonds is 5. The highest BCUT2D eigenvalue weighted by Crippen LogP contribution is 2.38. The van der Waals surface area contributed by atoms with Crippen molar-refractivity contribution in [1.29, 1.82) is 0 Å². The second-order valence-electron chi connectivity index (χ2n) is 5.50. The summed E-state index contributed by atoms with van der Waals surface area (Å²) in [7, 11) is 4.52. The van der Waals surface area contributed by atoms with E-state index in [0.29, 0.717) is 22.8 Å². The summed E-state index contributed by atoms with van der Waals surface area (Å²) in [4.78, 5) is 30.8. The Labute approximate surface area is 158 Å². The lowest BCUT2D eigenvalue weighted by molar-refractivity contribution is 0.324. The van der Waals surface area contributed by atoms with Crippen molar-refractivity contribution in [1.82, 2.24) is 9.97 Å². The summed E-state index contributed by atoms with van der Waals surface area (Å²) in [6, 6.07) is 7.10. The average molecular weight is 386 g/mol. The molecule has 0 saturated carbocycles. The van der Waals surface area contributed by atoms with Gasteiger partial charge in [0.1, 0.15) is 10.7 Å². The Morgan fingerprint density at radius 2 is 1.48 bits per heavy atom. The molecule has 0 spiro atoms. The maximum atomic E-state index is 12.4. The molecule has 0 unspecified atom stereocenters. The zero-order valence-corrected chi connectivity index (χ0v) is 15.8. The molecule has 0 bridgehead atoms. The van der Waals surface area contributed by atoms with Crippen LogP contribution in [0.4, 0.5) is 0 Å². The van der Waals surface area contributed by atoms with Gasteiger partial charge in [-0.3, -0.25) is 9.59 Å². The first kappa shape index (κ1) is 18.5. The Hall–Kier alpha value is -3.26. The van der Waals surface area contributed by atoms with Crippen LogP contribution in [0.1, 0.15) is 10.4 Å². The molecular weight excluding hydrogens is 368 g/mol. The number of aromatic amines is 2. The predicted molar refractivity (Wildman–Crippen MR) is 104 cm³/mol. The van der Waals surface area contributed by atoms with Crippen LogP contribution in [0, 0.1) is 0 Å². The summed E-state index contributed by atoms with van der Waals surface area (Å²) in [5.74, 6) is 1.34. The Morgan fingerprint density at radius 1 is 0.889 bits per heavy atom. The Bertz CT molecular complexity index is 1150. The highest BCUT2D eigenvalue weighted by Gasteiger charge is 2.12. The van der Waals surface area contributed by atoms with E-state index >= 15 is 0 Å². The lowest BCUT2D eigenvalue weighted by atomic mass is 10.1. The van der Waals surface area contributed by atoms with Crippen molar-refractivity contribution in [3.8, 4) is 17.2 Å². The molecule has 0 fully saturated rings. The molecule has 8 heteroatoms. The summed E-state index contributed by atoms with van der Waals surface area (Å²) in [6.07, 6.45) is 3.17. The van der Waals surface area contributed by atoms with Crippen molar-refractivity contribution in [2.75, 3.05) is 21.3 Å². The standard InChI is InChI=1S/C19H18N2O5S/c1-24-15-8-11(9-16(25-2)17(15)26-3)7-13-18(22)21-14(19(23)20-13)10-12-5-4-6-27-12/h4-10H,1-3H3,(H,20,23)(H,21,22)/b13-7-,14-10-. The van der Waals surface area contributed by atoms with Crippen LogP contribution in [-0.4, -0.2) is 31.3 Å². The summed E-state index contributed by atoms with van der Waals surface area (Å²) < 4.78 is 15.9. The van der Waals surface area contributed by atoms with Gasteiger partial charge in [-0.2, -0.15) is 0 Å². The number of hydrogen-bond acceptors (Lipinski definition) is 6. The number of benzene rings is 1. The van der Waals surface area contributed by atoms with Gasteiger partial charge < -0.3 is 24.2 Å². The van der Waals surface area contributed by atoms with Gasteiger partial charge in [0, 0.05) is 4.88 Å². The highest BCUT2D eigenvalue weighted by molar-refractivity contribution is 7.10. The molecule has 0 saturated heterocycles. The first-order valence-corrected chi connectivity index (χ1v) is 8.83. The van der Waals surface area contributed by atoms with Gasteiger partial charge in [0.05, 0.1) is 21.3 Å². The van der Waals surface area contributed by atoms with Crippen LogP contribution < -0.4 is 36.0 Å². The van der Waals surface area contributed by atoms with E-state index in [-0.39, 0.29) is 16.3 Å². The van der Waals surface area contributed by atoms with E-state index in [0.717, 1.165) is 4.88 Å². The van der Waals surface area contributed by atoms with E-state index in [1.165, 1.54) is 32.7 Å². The third kappa shape index (κ3) is 3.95. The second-order valence-corrected chi connectivity index (χ2v) is 6.48. The van der Waals surface area contributed by atoms with Crippen molar-refractivity contribution in [3.05, 3.63) is 71.5 Å². The van der Waals surface area contributed by atoms with Crippen molar-refractivity contribution < 1.29 is 14.2 Å². The van der Waals surface area contributed by atoms with Crippen LogP contribution in [0.25, 0.3) is 12.2 Å². The van der Waals surface area contributed by atoms with Crippen LogP contribution in [0.2, 0.25) is 0 Å². The predicted octanol–water partition coefficient (Wildman–Crippen LogP) is 0.808. The van der Waals surface area contributed by atoms with Crippen LogP contribution in [-0.2, 0) is 0 Å². The molecule has 27 heavy (non-hydrogen) atoms. The fourth-order valence-corrected chi connectivity index (χ4v) is 3.22. The lowest BCUT2D eigenvalue weighted by Gasteiger charge is -2.12. The molecule has 1 aromatic carbocycles. The average Bonchev–Trinajstić information content (AvgIpc) is 3.18. The van der Waals surface area contributed by atoms with E-state index in [1.807, 2.05) is 17.5 Å². The van der Waals surface area contributed by atoms with Gasteiger partial charge in [0.15, 0.2) is 11.5 Å². The number of H-pyrrole nitrogens is 2. The molecule has 2 heterocycles. The topological polar surface area (TPSA) is 93.4 Å². The fourth-order valence-electron chi connectivity index (χ4n) is 2.56. The molecule has 0 radical (unpaired) electrons. The normalized spacial score (nSPS) is 12.3. The van der Waals surface area contributed by atoms with Crippen molar-refractivity contribution in [2.45, 2.75) is 0 Å². The minimum absolute atomic E-state index is 0.123. The second kappa shape index (κ2) is 7.96. The number of hydrogen-bond donors (Lipinski definition) is 2. The monoisotopic (exact) mass is 386 g/mol. The third-order valence-electron chi connectivity index (χ3n) is 3.81. The van der Waals surface area contributed by atoms with E-state index in [1.54, 1.807) is 24.3 Å². The quantitative estimate of drug-likeness (QED) is 0.677. The number of aromatic nitrogens is 2. The lowest BCUT2D eigenvalue weighted by Crippen LogP contribution is -2.46. The van der Waals surface area contributed by atoms with Crippen LogP contribution >= 0.6 is 11.3 Å². The molecule has 3 aromatic rings. The van der Waals surface area contributed by atoms with E-state index in [4.69, 9.17) is 14.2 Å². The maximum absolute atomic E-state index is 12.4. The largest absolute Gasteiger partial charge is 0.493 e. The van der Waals surface area contributed by atoms with Crippen molar-refractivity contribution in [3.63, 3.8) is 0 Å². The smallest absolute Gasteiger partial charge is 0.272 e. The van der Waals surface area contributed by atoms with Crippen LogP contribution in [0.15, 0.2) is 39.2 Å². The highest BCUT2D eigenvalue weighted by atomic mass is 32.1. The maximum Gasteiger partial charge on any atom is 0.272 e. The molecule has 3 rings (SSSR count). The molecular formula is C19H18N2O5S. The molecule has 140 valence electrons. The molecule has 0 aliphatic rings. The Kier molecular flexibility index (Phi) is 5.46. The summed E-state index contributed by atoms with van der Waals surface area (Å²) in [5.41, 5.74) is -0.187.